The van der Waals surface area contributed by atoms with Gasteiger partial charge in [0.25, 0.3) is 0 Å². The third-order valence-electron chi connectivity index (χ3n) is 1.88. The van der Waals surface area contributed by atoms with Gasteiger partial charge in [0, 0.05) is 10.5 Å². The molecule has 15 heavy (non-hydrogen) atoms. The van der Waals surface area contributed by atoms with Crippen molar-refractivity contribution >= 4 is 5.97 Å². The first kappa shape index (κ1) is 6.23. The molecule has 0 heterocycles. The van der Waals surface area contributed by atoms with Crippen LogP contribution in [0.2, 0.25) is 0 Å². The Hall–Kier alpha value is -1.42. The Morgan fingerprint density at radius 1 is 1.67 bits per heavy atom. The summed E-state index contributed by atoms with van der Waals surface area (Å²) in [5.74, 6) is -1.48. The van der Waals surface area contributed by atoms with E-state index in [9.17, 15) is 9.18 Å². The fourth-order valence-electron chi connectivity index (χ4n) is 1.12. The van der Waals surface area contributed by atoms with Gasteiger partial charge in [0.1, 0.15) is 5.82 Å². The van der Waals surface area contributed by atoms with Crippen LogP contribution in [0.1, 0.15) is 19.3 Å². The molecule has 0 saturated heterocycles. The molecule has 0 radical (unpaired) electrons. The van der Waals surface area contributed by atoms with Gasteiger partial charge >= 0.3 is 5.97 Å². The van der Waals surface area contributed by atoms with Crippen molar-refractivity contribution < 1.29 is 26.5 Å². The van der Waals surface area contributed by atoms with Crippen LogP contribution in [-0.4, -0.2) is 18.6 Å². The summed E-state index contributed by atoms with van der Waals surface area (Å²) in [6.45, 7) is -6.14. The van der Waals surface area contributed by atoms with E-state index in [-0.39, 0.29) is 6.42 Å². The lowest BCUT2D eigenvalue weighted by Gasteiger charge is -2.07. The predicted octanol–water partition coefficient (Wildman–Crippen LogP) is 0.542. The number of benzene rings is 1. The van der Waals surface area contributed by atoms with E-state index >= 15 is 0 Å². The first-order valence-electron chi connectivity index (χ1n) is 6.83. The predicted molar refractivity (Wildman–Crippen MR) is 53.4 cm³/mol. The normalized spacial score (nSPS) is 18.9. The molecule has 1 rings (SSSR count). The van der Waals surface area contributed by atoms with E-state index in [1.165, 1.54) is 24.3 Å². The molecule has 0 bridgehead atoms. The van der Waals surface area contributed by atoms with E-state index in [0.717, 1.165) is 0 Å². The molecule has 1 aromatic rings. The maximum atomic E-state index is 12.7. The fourth-order valence-corrected chi connectivity index (χ4v) is 1.12. The first-order valence-corrected chi connectivity index (χ1v) is 4.33. The van der Waals surface area contributed by atoms with Crippen LogP contribution in [0.3, 0.4) is 0 Å². The molecule has 0 aliphatic heterocycles. The molecule has 82 valence electrons. The number of halogens is 1. The van der Waals surface area contributed by atoms with Gasteiger partial charge in [-0.3, -0.25) is 0 Å². The SMILES string of the molecule is [2H]C([2H])([2H])C([2H])([2H])OC(=O)[C@@H]([NH3+])Cc1ccc(F)cc1. The van der Waals surface area contributed by atoms with Gasteiger partial charge in [0.2, 0.25) is 0 Å². The largest absolute Gasteiger partial charge is 0.462 e. The van der Waals surface area contributed by atoms with E-state index in [1.54, 1.807) is 0 Å². The highest BCUT2D eigenvalue weighted by Crippen LogP contribution is 2.05. The maximum Gasteiger partial charge on any atom is 0.365 e. The number of hydrogen-bond donors (Lipinski definition) is 1. The molecule has 1 aromatic carbocycles. The zero-order valence-electron chi connectivity index (χ0n) is 13.0. The number of rotatable bonds is 4. The summed E-state index contributed by atoms with van der Waals surface area (Å²) in [5.41, 5.74) is 4.11. The van der Waals surface area contributed by atoms with Crippen LogP contribution in [0.5, 0.6) is 0 Å². The van der Waals surface area contributed by atoms with E-state index in [1.807, 2.05) is 0 Å². The molecule has 0 amide bonds. The van der Waals surface area contributed by atoms with Crippen LogP contribution >= 0.6 is 0 Å². The molecule has 1 atom stereocenters. The Balaban J connectivity index is 2.66. The van der Waals surface area contributed by atoms with E-state index in [4.69, 9.17) is 6.85 Å². The summed E-state index contributed by atoms with van der Waals surface area (Å²) in [6, 6.07) is 4.36. The summed E-state index contributed by atoms with van der Waals surface area (Å²) < 4.78 is 52.3. The summed E-state index contributed by atoms with van der Waals surface area (Å²) in [5, 5.41) is 0. The Morgan fingerprint density at radius 2 is 2.33 bits per heavy atom. The molecule has 0 fully saturated rings. The molecule has 0 unspecified atom stereocenters. The number of carbonyl (C=O) groups excluding carboxylic acids is 1. The number of hydrogen-bond acceptors (Lipinski definition) is 2. The zero-order chi connectivity index (χ0) is 15.6. The molecule has 0 spiro atoms. The smallest absolute Gasteiger partial charge is 0.365 e. The third-order valence-corrected chi connectivity index (χ3v) is 1.88. The Bertz CT molecular complexity index is 475. The van der Waals surface area contributed by atoms with Crippen molar-refractivity contribution in [2.45, 2.75) is 19.3 Å². The fraction of sp³-hybridized carbons (Fsp3) is 0.364. The first-order chi connectivity index (χ1) is 9.03. The van der Waals surface area contributed by atoms with Gasteiger partial charge in [-0.25, -0.2) is 9.18 Å². The molecule has 4 heteroatoms. The molecule has 0 aliphatic rings. The minimum atomic E-state index is -3.07. The maximum absolute atomic E-state index is 12.7. The zero-order valence-corrected chi connectivity index (χ0v) is 8.00. The lowest BCUT2D eigenvalue weighted by molar-refractivity contribution is -0.407. The molecule has 0 saturated carbocycles. The number of carbonyl (C=O) groups is 1. The van der Waals surface area contributed by atoms with Crippen molar-refractivity contribution in [3.05, 3.63) is 35.6 Å². The Morgan fingerprint density at radius 3 is 2.93 bits per heavy atom. The van der Waals surface area contributed by atoms with Gasteiger partial charge in [0.05, 0.1) is 9.30 Å². The van der Waals surface area contributed by atoms with Gasteiger partial charge < -0.3 is 10.5 Å². The molecular weight excluding hydrogens is 197 g/mol. The van der Waals surface area contributed by atoms with Crippen LogP contribution in [-0.2, 0) is 16.0 Å². The highest BCUT2D eigenvalue weighted by molar-refractivity contribution is 5.74. The van der Waals surface area contributed by atoms with Crippen molar-refractivity contribution in [1.29, 1.82) is 0 Å². The highest BCUT2D eigenvalue weighted by Gasteiger charge is 2.18. The van der Waals surface area contributed by atoms with Gasteiger partial charge in [-0.1, -0.05) is 12.1 Å². The molecular formula is C11H15FNO2+. The van der Waals surface area contributed by atoms with Gasteiger partial charge in [0.15, 0.2) is 6.04 Å². The number of esters is 1. The van der Waals surface area contributed by atoms with Crippen LogP contribution in [0.4, 0.5) is 4.39 Å². The minimum absolute atomic E-state index is 0.0934. The van der Waals surface area contributed by atoms with Crippen LogP contribution in [0, 0.1) is 5.82 Å². The summed E-state index contributed by atoms with van der Waals surface area (Å²) in [7, 11) is 0. The van der Waals surface area contributed by atoms with Crippen molar-refractivity contribution in [2.24, 2.45) is 0 Å². The van der Waals surface area contributed by atoms with Gasteiger partial charge in [-0.15, -0.1) is 0 Å². The van der Waals surface area contributed by atoms with Gasteiger partial charge in [-0.05, 0) is 24.5 Å². The van der Waals surface area contributed by atoms with E-state index in [2.05, 4.69) is 10.5 Å². The third kappa shape index (κ3) is 3.67. The monoisotopic (exact) mass is 217 g/mol. The minimum Gasteiger partial charge on any atom is -0.462 e. The Kier molecular flexibility index (Phi) is 2.27. The van der Waals surface area contributed by atoms with E-state index < -0.39 is 31.2 Å². The second-order valence-electron chi connectivity index (χ2n) is 3.05. The topological polar surface area (TPSA) is 53.9 Å². The van der Waals surface area contributed by atoms with Crippen molar-refractivity contribution in [2.75, 3.05) is 6.56 Å². The molecule has 0 aromatic heterocycles. The summed E-state index contributed by atoms with van der Waals surface area (Å²) in [6.07, 6.45) is 0.0934. The van der Waals surface area contributed by atoms with Crippen molar-refractivity contribution in [3.63, 3.8) is 0 Å². The summed E-state index contributed by atoms with van der Waals surface area (Å²) >= 11 is 0. The van der Waals surface area contributed by atoms with Crippen LogP contribution in [0.25, 0.3) is 0 Å². The van der Waals surface area contributed by atoms with Crippen molar-refractivity contribution in [3.8, 4) is 0 Å². The number of quaternary nitrogens is 1. The van der Waals surface area contributed by atoms with E-state index in [0.29, 0.717) is 5.56 Å². The standard InChI is InChI=1S/C11H14FNO2/c1-2-15-11(14)10(13)7-8-3-5-9(12)6-4-8/h3-6,10H,2,7,13H2,1H3/p+1/t10-/m0/s1/i1D3,2D2. The quantitative estimate of drug-likeness (QED) is 0.748. The van der Waals surface area contributed by atoms with Gasteiger partial charge in [-0.2, -0.15) is 0 Å². The lowest BCUT2D eigenvalue weighted by Crippen LogP contribution is -2.66. The van der Waals surface area contributed by atoms with Crippen LogP contribution < -0.4 is 5.73 Å². The van der Waals surface area contributed by atoms with Crippen molar-refractivity contribution in [1.82, 2.24) is 0 Å². The molecule has 3 N–H and O–H groups in total. The Labute approximate surface area is 95.1 Å². The highest BCUT2D eigenvalue weighted by atomic mass is 19.1. The molecule has 3 nitrogen and oxygen atoms in total. The van der Waals surface area contributed by atoms with Crippen LogP contribution in [0.15, 0.2) is 24.3 Å². The second-order valence-corrected chi connectivity index (χ2v) is 3.05. The average molecular weight is 217 g/mol. The average Bonchev–Trinajstić information content (AvgIpc) is 2.30. The second kappa shape index (κ2) is 5.46. The summed E-state index contributed by atoms with van der Waals surface area (Å²) in [4.78, 5) is 11.6. The number of ether oxygens (including phenoxy) is 1. The lowest BCUT2D eigenvalue weighted by atomic mass is 10.1. The molecule has 0 aliphatic carbocycles.